The first-order valence-corrected chi connectivity index (χ1v) is 7.57. The molecule has 1 aliphatic heterocycles. The van der Waals surface area contributed by atoms with Gasteiger partial charge in [-0.3, -0.25) is 4.90 Å². The molecule has 1 aromatic carbocycles. The molecule has 1 heterocycles. The van der Waals surface area contributed by atoms with E-state index >= 15 is 0 Å². The number of para-hydroxylation sites is 1. The van der Waals surface area contributed by atoms with Gasteiger partial charge in [-0.1, -0.05) is 18.2 Å². The zero-order valence-electron chi connectivity index (χ0n) is 13.9. The summed E-state index contributed by atoms with van der Waals surface area (Å²) in [4.78, 5) is 25.3. The maximum atomic E-state index is 12.4. The molecule has 0 radical (unpaired) electrons. The van der Waals surface area contributed by atoms with E-state index < -0.39 is 29.3 Å². The smallest absolute Gasteiger partial charge is 0.411 e. The molecule has 23 heavy (non-hydrogen) atoms. The van der Waals surface area contributed by atoms with Crippen LogP contribution in [0.15, 0.2) is 30.3 Å². The van der Waals surface area contributed by atoms with Crippen molar-refractivity contribution < 1.29 is 24.2 Å². The van der Waals surface area contributed by atoms with Crippen molar-refractivity contribution in [3.05, 3.63) is 30.3 Å². The summed E-state index contributed by atoms with van der Waals surface area (Å²) in [5.74, 6) is -0.418. The van der Waals surface area contributed by atoms with Gasteiger partial charge in [0.05, 0.1) is 6.54 Å². The van der Waals surface area contributed by atoms with Gasteiger partial charge in [0.15, 0.2) is 0 Å². The van der Waals surface area contributed by atoms with E-state index in [1.165, 1.54) is 11.8 Å². The van der Waals surface area contributed by atoms with Gasteiger partial charge in [0, 0.05) is 6.42 Å². The van der Waals surface area contributed by atoms with E-state index in [1.54, 1.807) is 32.9 Å². The fraction of sp³-hybridized carbons (Fsp3) is 0.529. The van der Waals surface area contributed by atoms with E-state index in [0.717, 1.165) is 0 Å². The second-order valence-electron chi connectivity index (χ2n) is 6.93. The molecule has 1 unspecified atom stereocenters. The van der Waals surface area contributed by atoms with E-state index in [0.29, 0.717) is 5.75 Å². The Balaban J connectivity index is 2.16. The third kappa shape index (κ3) is 3.94. The van der Waals surface area contributed by atoms with Crippen molar-refractivity contribution in [3.8, 4) is 5.75 Å². The predicted molar refractivity (Wildman–Crippen MR) is 84.5 cm³/mol. The van der Waals surface area contributed by atoms with Crippen LogP contribution in [0, 0.1) is 0 Å². The largest absolute Gasteiger partial charge is 0.488 e. The fourth-order valence-electron chi connectivity index (χ4n) is 2.59. The highest BCUT2D eigenvalue weighted by atomic mass is 16.6. The van der Waals surface area contributed by atoms with Crippen molar-refractivity contribution in [1.29, 1.82) is 0 Å². The summed E-state index contributed by atoms with van der Waals surface area (Å²) in [6, 6.07) is 9.15. The minimum absolute atomic E-state index is 0.173. The molecule has 0 bridgehead atoms. The lowest BCUT2D eigenvalue weighted by molar-refractivity contribution is -0.148. The molecule has 1 N–H and O–H groups in total. The summed E-state index contributed by atoms with van der Waals surface area (Å²) in [6.45, 7) is 6.94. The van der Waals surface area contributed by atoms with Crippen LogP contribution >= 0.6 is 0 Å². The van der Waals surface area contributed by atoms with Crippen LogP contribution in [0.2, 0.25) is 0 Å². The van der Waals surface area contributed by atoms with Gasteiger partial charge in [-0.15, -0.1) is 0 Å². The number of carboxylic acid groups (broad SMARTS) is 1. The number of carbonyl (C=O) groups is 2. The topological polar surface area (TPSA) is 76.1 Å². The number of carboxylic acids is 1. The van der Waals surface area contributed by atoms with E-state index in [9.17, 15) is 14.7 Å². The van der Waals surface area contributed by atoms with Crippen LogP contribution in [0.5, 0.6) is 5.75 Å². The van der Waals surface area contributed by atoms with Gasteiger partial charge >= 0.3 is 12.1 Å². The van der Waals surface area contributed by atoms with Crippen molar-refractivity contribution in [1.82, 2.24) is 4.90 Å². The minimum atomic E-state index is -1.35. The molecule has 126 valence electrons. The number of benzene rings is 1. The number of ether oxygens (including phenoxy) is 2. The Morgan fingerprint density at radius 3 is 2.39 bits per heavy atom. The molecule has 1 aliphatic rings. The third-order valence-electron chi connectivity index (χ3n) is 3.73. The molecule has 1 aromatic rings. The molecule has 6 heteroatoms. The number of likely N-dealkylation sites (tertiary alicyclic amines) is 1. The van der Waals surface area contributed by atoms with Gasteiger partial charge < -0.3 is 14.6 Å². The molecule has 0 saturated carbocycles. The Kier molecular flexibility index (Phi) is 4.54. The number of nitrogens with zero attached hydrogens (tertiary/aromatic N) is 1. The number of carbonyl (C=O) groups excluding carboxylic acids is 1. The summed E-state index contributed by atoms with van der Waals surface area (Å²) in [6.07, 6.45) is -0.830. The summed E-state index contributed by atoms with van der Waals surface area (Å²) in [5, 5.41) is 9.57. The maximum absolute atomic E-state index is 12.4. The Morgan fingerprint density at radius 2 is 1.87 bits per heavy atom. The van der Waals surface area contributed by atoms with Gasteiger partial charge in [-0.2, -0.15) is 0 Å². The normalized spacial score (nSPS) is 24.3. The first-order valence-electron chi connectivity index (χ1n) is 7.57. The lowest BCUT2D eigenvalue weighted by Crippen LogP contribution is -2.52. The molecule has 1 saturated heterocycles. The average Bonchev–Trinajstić information content (AvgIpc) is 2.76. The van der Waals surface area contributed by atoms with Crippen LogP contribution < -0.4 is 4.74 Å². The summed E-state index contributed by atoms with van der Waals surface area (Å²) in [7, 11) is 0. The van der Waals surface area contributed by atoms with Crippen molar-refractivity contribution in [2.24, 2.45) is 0 Å². The molecular formula is C17H23NO5. The predicted octanol–water partition coefficient (Wildman–Crippen LogP) is 2.92. The highest BCUT2D eigenvalue weighted by Gasteiger charge is 2.52. The van der Waals surface area contributed by atoms with Gasteiger partial charge in [-0.05, 0) is 39.8 Å². The minimum Gasteiger partial charge on any atom is -0.488 e. The fourth-order valence-corrected chi connectivity index (χ4v) is 2.59. The monoisotopic (exact) mass is 321 g/mol. The first-order chi connectivity index (χ1) is 10.6. The maximum Gasteiger partial charge on any atom is 0.411 e. The molecule has 0 aliphatic carbocycles. The Labute approximate surface area is 136 Å². The Hall–Kier alpha value is -2.24. The SMILES string of the molecule is CC(C)(C)OC(=O)N1CC(Oc2ccccc2)C[C@@]1(C)C(=O)O. The van der Waals surface area contributed by atoms with Crippen LogP contribution in [-0.4, -0.2) is 45.9 Å². The van der Waals surface area contributed by atoms with Gasteiger partial charge in [0.1, 0.15) is 23.0 Å². The zero-order chi connectivity index (χ0) is 17.3. The number of hydrogen-bond donors (Lipinski definition) is 1. The van der Waals surface area contributed by atoms with E-state index in [2.05, 4.69) is 0 Å². The van der Waals surface area contributed by atoms with E-state index in [1.807, 2.05) is 18.2 Å². The highest BCUT2D eigenvalue weighted by molar-refractivity contribution is 5.85. The van der Waals surface area contributed by atoms with Crippen molar-refractivity contribution in [3.63, 3.8) is 0 Å². The molecule has 2 rings (SSSR count). The number of aliphatic carboxylic acids is 1. The number of rotatable bonds is 3. The summed E-state index contributed by atoms with van der Waals surface area (Å²) >= 11 is 0. The van der Waals surface area contributed by atoms with E-state index in [-0.39, 0.29) is 13.0 Å². The quantitative estimate of drug-likeness (QED) is 0.926. The number of hydrogen-bond acceptors (Lipinski definition) is 4. The van der Waals surface area contributed by atoms with E-state index in [4.69, 9.17) is 9.47 Å². The van der Waals surface area contributed by atoms with Crippen molar-refractivity contribution in [2.45, 2.75) is 51.4 Å². The average molecular weight is 321 g/mol. The van der Waals surface area contributed by atoms with Crippen LogP contribution in [0.25, 0.3) is 0 Å². The molecule has 2 atom stereocenters. The Bertz CT molecular complexity index is 580. The zero-order valence-corrected chi connectivity index (χ0v) is 13.9. The summed E-state index contributed by atoms with van der Waals surface area (Å²) in [5.41, 5.74) is -2.03. The van der Waals surface area contributed by atoms with Crippen molar-refractivity contribution in [2.75, 3.05) is 6.54 Å². The molecule has 0 spiro atoms. The van der Waals surface area contributed by atoms with Crippen LogP contribution in [0.3, 0.4) is 0 Å². The summed E-state index contributed by atoms with van der Waals surface area (Å²) < 4.78 is 11.2. The molecule has 1 fully saturated rings. The number of amides is 1. The molecule has 6 nitrogen and oxygen atoms in total. The van der Waals surface area contributed by atoms with Gasteiger partial charge in [0.2, 0.25) is 0 Å². The van der Waals surface area contributed by atoms with Crippen LogP contribution in [0.1, 0.15) is 34.1 Å². The molecular weight excluding hydrogens is 298 g/mol. The second-order valence-corrected chi connectivity index (χ2v) is 6.93. The Morgan fingerprint density at radius 1 is 1.26 bits per heavy atom. The van der Waals surface area contributed by atoms with Gasteiger partial charge in [-0.25, -0.2) is 9.59 Å². The van der Waals surface area contributed by atoms with Gasteiger partial charge in [0.25, 0.3) is 0 Å². The third-order valence-corrected chi connectivity index (χ3v) is 3.73. The molecule has 1 amide bonds. The first kappa shape index (κ1) is 17.1. The van der Waals surface area contributed by atoms with Crippen LogP contribution in [0.4, 0.5) is 4.79 Å². The second kappa shape index (κ2) is 6.10. The van der Waals surface area contributed by atoms with Crippen molar-refractivity contribution >= 4 is 12.1 Å². The lowest BCUT2D eigenvalue weighted by Gasteiger charge is -2.32. The standard InChI is InChI=1S/C17H23NO5/c1-16(2,3)23-15(21)18-11-13(10-17(18,4)14(19)20)22-12-8-6-5-7-9-12/h5-9,13H,10-11H2,1-4H3,(H,19,20)/t13?,17-/m0/s1. The van der Waals surface area contributed by atoms with Crippen LogP contribution in [-0.2, 0) is 9.53 Å². The lowest BCUT2D eigenvalue weighted by atomic mass is 9.98. The highest BCUT2D eigenvalue weighted by Crippen LogP contribution is 2.33. The molecule has 0 aromatic heterocycles.